The molecule has 0 bridgehead atoms. The molecule has 0 saturated carbocycles. The van der Waals surface area contributed by atoms with Gasteiger partial charge in [-0.15, -0.1) is 0 Å². The minimum Gasteiger partial charge on any atom is -0.375 e. The largest absolute Gasteiger partial charge is 0.537 e. The van der Waals surface area contributed by atoms with Crippen LogP contribution in [0.15, 0.2) is 0 Å². The molecule has 0 aromatic carbocycles. The van der Waals surface area contributed by atoms with Crippen LogP contribution in [-0.2, 0) is 28.0 Å². The molecule has 0 amide bonds. The molecule has 0 aromatic rings. The quantitative estimate of drug-likeness (QED) is 0.146. The molecule has 7 heteroatoms. The average Bonchev–Trinajstić information content (AvgIpc) is 2.81. The Kier molecular flexibility index (Phi) is 20.4. The summed E-state index contributed by atoms with van der Waals surface area (Å²) in [6.45, 7) is 12.3. The van der Waals surface area contributed by atoms with Crippen molar-refractivity contribution in [1.29, 1.82) is 0 Å². The Hall–Kier alpha value is -1.16. The van der Waals surface area contributed by atoms with Crippen molar-refractivity contribution in [3.63, 3.8) is 0 Å². The first-order chi connectivity index (χ1) is 16.4. The number of hydrogen-bond acceptors (Lipinski definition) is 6. The molecule has 0 radical (unpaired) electrons. The minimum atomic E-state index is -2.40. The van der Waals surface area contributed by atoms with Gasteiger partial charge in [-0.3, -0.25) is 14.4 Å². The lowest BCUT2D eigenvalue weighted by Crippen LogP contribution is -2.23. The summed E-state index contributed by atoms with van der Waals surface area (Å²) < 4.78 is 16.8. The molecular weight excluding hydrogens is 451 g/mol. The smallest absolute Gasteiger partial charge is 0.375 e. The van der Waals surface area contributed by atoms with Gasteiger partial charge in [-0.05, 0) is 38.5 Å². The van der Waals surface area contributed by atoms with Gasteiger partial charge in [0, 0.05) is 0 Å². The Morgan fingerprint density at radius 3 is 0.941 bits per heavy atom. The second-order valence-electron chi connectivity index (χ2n) is 9.34. The maximum atomic E-state index is 13.0. The van der Waals surface area contributed by atoms with E-state index in [1.54, 1.807) is 0 Å². The summed E-state index contributed by atoms with van der Waals surface area (Å²) in [6, 6.07) is 0. The monoisotopic (exact) mass is 502 g/mol. The maximum Gasteiger partial charge on any atom is 0.537 e. The lowest BCUT2D eigenvalue weighted by molar-refractivity contribution is -0.148. The molecule has 0 saturated heterocycles. The zero-order chi connectivity index (χ0) is 25.8. The van der Waals surface area contributed by atoms with E-state index in [9.17, 15) is 14.4 Å². The number of unbranched alkanes of at least 4 members (excludes halogenated alkanes) is 3. The summed E-state index contributed by atoms with van der Waals surface area (Å²) in [5, 5.41) is 0. The molecule has 0 aliphatic heterocycles. The third kappa shape index (κ3) is 14.3. The molecule has 0 aliphatic rings. The average molecular weight is 503 g/mol. The zero-order valence-corrected chi connectivity index (χ0v) is 23.6. The van der Waals surface area contributed by atoms with E-state index in [1.807, 2.05) is 20.8 Å². The van der Waals surface area contributed by atoms with Crippen LogP contribution in [0.1, 0.15) is 138 Å². The Bertz CT molecular complexity index is 477. The van der Waals surface area contributed by atoms with Crippen LogP contribution in [0.5, 0.6) is 0 Å². The van der Waals surface area contributed by atoms with Crippen LogP contribution in [0.25, 0.3) is 0 Å². The summed E-state index contributed by atoms with van der Waals surface area (Å²) in [4.78, 5) is 38.9. The van der Waals surface area contributed by atoms with E-state index in [-0.39, 0.29) is 17.8 Å². The van der Waals surface area contributed by atoms with Gasteiger partial charge in [-0.2, -0.15) is 0 Å². The first-order valence-electron chi connectivity index (χ1n) is 13.8. The molecule has 0 heterocycles. The lowest BCUT2D eigenvalue weighted by atomic mass is 9.97. The highest BCUT2D eigenvalue weighted by molar-refractivity contribution is 7.43. The fourth-order valence-corrected chi connectivity index (χ4v) is 5.04. The standard InChI is InChI=1S/C27H51O6P/c1-7-13-19-22(16-10-4)25(28)31-34(32-26(29)23(17-11-5)20-14-8-2)33-27(30)24(18-12-6)21-15-9-3/h22-24H,7-21H2,1-6H3. The molecule has 0 spiro atoms. The topological polar surface area (TPSA) is 78.9 Å². The van der Waals surface area contributed by atoms with Crippen molar-refractivity contribution in [2.24, 2.45) is 17.8 Å². The molecular formula is C27H51O6P. The molecule has 3 atom stereocenters. The van der Waals surface area contributed by atoms with Crippen molar-refractivity contribution < 1.29 is 28.0 Å². The van der Waals surface area contributed by atoms with Crippen LogP contribution in [0, 0.1) is 17.8 Å². The summed E-state index contributed by atoms with van der Waals surface area (Å²) in [5.41, 5.74) is 0. The van der Waals surface area contributed by atoms with E-state index >= 15 is 0 Å². The van der Waals surface area contributed by atoms with Crippen LogP contribution in [0.3, 0.4) is 0 Å². The molecule has 0 fully saturated rings. The minimum absolute atomic E-state index is 0.273. The van der Waals surface area contributed by atoms with Crippen molar-refractivity contribution in [2.75, 3.05) is 0 Å². The van der Waals surface area contributed by atoms with E-state index in [4.69, 9.17) is 13.6 Å². The van der Waals surface area contributed by atoms with Crippen LogP contribution >= 0.6 is 8.60 Å². The second-order valence-corrected chi connectivity index (χ2v) is 10.3. The fraction of sp³-hybridized carbons (Fsp3) is 0.889. The van der Waals surface area contributed by atoms with Gasteiger partial charge >= 0.3 is 26.5 Å². The van der Waals surface area contributed by atoms with Crippen LogP contribution in [-0.4, -0.2) is 17.9 Å². The van der Waals surface area contributed by atoms with Crippen LogP contribution < -0.4 is 0 Å². The summed E-state index contributed by atoms with van der Waals surface area (Å²) >= 11 is 0. The zero-order valence-electron chi connectivity index (χ0n) is 22.7. The van der Waals surface area contributed by atoms with Gasteiger partial charge in [0.25, 0.3) is 0 Å². The summed E-state index contributed by atoms with van der Waals surface area (Å²) in [6.07, 6.45) is 12.5. The van der Waals surface area contributed by atoms with Gasteiger partial charge in [-0.25, -0.2) is 0 Å². The van der Waals surface area contributed by atoms with Crippen molar-refractivity contribution in [3.05, 3.63) is 0 Å². The molecule has 6 nitrogen and oxygen atoms in total. The van der Waals surface area contributed by atoms with Gasteiger partial charge in [-0.1, -0.05) is 99.3 Å². The molecule has 3 unspecified atom stereocenters. The van der Waals surface area contributed by atoms with Crippen molar-refractivity contribution in [3.8, 4) is 0 Å². The Labute approximate surface area is 210 Å². The number of carbonyl (C=O) groups is 3. The normalized spacial score (nSPS) is 14.6. The van der Waals surface area contributed by atoms with Gasteiger partial charge in [0.1, 0.15) is 0 Å². The molecule has 0 aromatic heterocycles. The van der Waals surface area contributed by atoms with E-state index in [0.29, 0.717) is 19.3 Å². The molecule has 0 N–H and O–H groups in total. The molecule has 34 heavy (non-hydrogen) atoms. The van der Waals surface area contributed by atoms with E-state index < -0.39 is 26.5 Å². The van der Waals surface area contributed by atoms with Crippen LogP contribution in [0.4, 0.5) is 0 Å². The lowest BCUT2D eigenvalue weighted by Gasteiger charge is -2.23. The van der Waals surface area contributed by atoms with Gasteiger partial charge in [0.05, 0.1) is 17.8 Å². The Morgan fingerprint density at radius 2 is 0.735 bits per heavy atom. The Morgan fingerprint density at radius 1 is 0.471 bits per heavy atom. The molecule has 0 aliphatic carbocycles. The predicted octanol–water partition coefficient (Wildman–Crippen LogP) is 8.66. The first kappa shape index (κ1) is 32.8. The number of hydrogen-bond donors (Lipinski definition) is 0. The second kappa shape index (κ2) is 21.1. The number of carbonyl (C=O) groups excluding carboxylic acids is 3. The molecule has 200 valence electrons. The van der Waals surface area contributed by atoms with E-state index in [2.05, 4.69) is 20.8 Å². The third-order valence-corrected chi connectivity index (χ3v) is 7.11. The highest BCUT2D eigenvalue weighted by Gasteiger charge is 2.34. The van der Waals surface area contributed by atoms with Crippen molar-refractivity contribution in [2.45, 2.75) is 138 Å². The molecule has 0 rings (SSSR count). The number of rotatable bonds is 21. The van der Waals surface area contributed by atoms with Gasteiger partial charge in [0.2, 0.25) is 0 Å². The predicted molar refractivity (Wildman–Crippen MR) is 139 cm³/mol. The summed E-state index contributed by atoms with van der Waals surface area (Å²) in [7, 11) is -2.40. The van der Waals surface area contributed by atoms with Crippen molar-refractivity contribution in [1.82, 2.24) is 0 Å². The van der Waals surface area contributed by atoms with Gasteiger partial charge < -0.3 is 13.6 Å². The van der Waals surface area contributed by atoms with Crippen molar-refractivity contribution >= 4 is 26.5 Å². The fourth-order valence-electron chi connectivity index (χ4n) is 4.04. The highest BCUT2D eigenvalue weighted by Crippen LogP contribution is 2.44. The first-order valence-corrected chi connectivity index (χ1v) is 14.9. The third-order valence-electron chi connectivity index (χ3n) is 6.12. The van der Waals surface area contributed by atoms with Crippen LogP contribution in [0.2, 0.25) is 0 Å². The SMILES string of the molecule is CCCCC(CCC)C(=O)OP(OC(=O)C(CCC)CCCC)OC(=O)C(CCC)CCCC. The van der Waals surface area contributed by atoms with Gasteiger partial charge in [0.15, 0.2) is 0 Å². The van der Waals surface area contributed by atoms with E-state index in [1.165, 1.54) is 0 Å². The maximum absolute atomic E-state index is 13.0. The summed E-state index contributed by atoms with van der Waals surface area (Å²) in [5.74, 6) is -2.10. The Balaban J connectivity index is 5.55. The highest BCUT2D eigenvalue weighted by atomic mass is 31.2. The van der Waals surface area contributed by atoms with E-state index in [0.717, 1.165) is 77.0 Å².